The second kappa shape index (κ2) is 24.9. The summed E-state index contributed by atoms with van der Waals surface area (Å²) in [7, 11) is 4.47. The average Bonchev–Trinajstić information content (AvgIpc) is 3.64. The third-order valence-corrected chi connectivity index (χ3v) is 5.23. The lowest BCUT2D eigenvalue weighted by Crippen LogP contribution is -1.99. The highest BCUT2D eigenvalue weighted by Gasteiger charge is 2.18. The van der Waals surface area contributed by atoms with Gasteiger partial charge >= 0.3 is 11.7 Å². The molecule has 0 bridgehead atoms. The number of nitro groups is 2. The zero-order chi connectivity index (χ0) is 38.3. The van der Waals surface area contributed by atoms with Crippen molar-refractivity contribution in [1.29, 1.82) is 0 Å². The number of ether oxygens (including phenoxy) is 2. The standard InChI is InChI=1S/C7H6F2N2O2.C7H8F2N2.C6H2F3NO2.C4H8O2.C4H8O.CH5N/c1-10-6-2-4(8)5(9)3-7(6)11(12)13;1-11-7-3-5(9)4(8)2-6(7)10;7-3-1-5(9)6(10(11)12)2-4(3)8;1-3-6-4(2)5;1-2-4-5-3-1;1-2/h2-3,10H,1H3;2-3,11H,10H2,1H3;1-2H;3H2,1-2H3;1-4H2;2H2,1H3. The molecule has 1 aliphatic heterocycles. The summed E-state index contributed by atoms with van der Waals surface area (Å²) in [5.74, 6) is -8.66. The van der Waals surface area contributed by atoms with Crippen molar-refractivity contribution in [3.8, 4) is 0 Å². The molecule has 3 aromatic carbocycles. The number of anilines is 3. The van der Waals surface area contributed by atoms with Gasteiger partial charge in [-0.05, 0) is 26.8 Å². The fourth-order valence-corrected chi connectivity index (χ4v) is 3.03. The summed E-state index contributed by atoms with van der Waals surface area (Å²) in [6.07, 6.45) is 2.56. The Morgan fingerprint density at radius 2 is 1.12 bits per heavy atom. The molecule has 4 rings (SSSR count). The smallest absolute Gasteiger partial charge is 0.307 e. The maximum Gasteiger partial charge on any atom is 0.307 e. The van der Waals surface area contributed by atoms with Gasteiger partial charge in [-0.25, -0.2) is 26.3 Å². The molecule has 1 aliphatic rings. The van der Waals surface area contributed by atoms with E-state index in [1.54, 1.807) is 14.0 Å². The number of hydrogen-bond acceptors (Lipinski definition) is 11. The van der Waals surface area contributed by atoms with Gasteiger partial charge in [-0.3, -0.25) is 25.0 Å². The molecule has 0 atom stereocenters. The van der Waals surface area contributed by atoms with Crippen molar-refractivity contribution in [2.75, 3.05) is 57.3 Å². The quantitative estimate of drug-likeness (QED) is 0.0565. The van der Waals surface area contributed by atoms with E-state index in [4.69, 9.17) is 10.5 Å². The molecule has 0 unspecified atom stereocenters. The Morgan fingerprint density at radius 1 is 0.735 bits per heavy atom. The topological polar surface area (TPSA) is 198 Å². The minimum Gasteiger partial charge on any atom is -0.466 e. The van der Waals surface area contributed by atoms with Gasteiger partial charge < -0.3 is 31.6 Å². The van der Waals surface area contributed by atoms with Crippen LogP contribution in [0.25, 0.3) is 0 Å². The van der Waals surface area contributed by atoms with Crippen molar-refractivity contribution in [3.63, 3.8) is 0 Å². The first kappa shape index (κ1) is 45.9. The molecule has 0 spiro atoms. The number of rotatable bonds is 5. The number of halogens is 7. The highest BCUT2D eigenvalue weighted by atomic mass is 19.2. The van der Waals surface area contributed by atoms with Crippen LogP contribution in [0.2, 0.25) is 0 Å². The maximum absolute atomic E-state index is 12.6. The first-order valence-electron chi connectivity index (χ1n) is 13.8. The molecule has 3 aromatic rings. The number of nitrogens with zero attached hydrogens (tertiary/aromatic N) is 2. The van der Waals surface area contributed by atoms with Crippen LogP contribution in [0, 0.1) is 60.9 Å². The van der Waals surface area contributed by atoms with Crippen LogP contribution in [0.1, 0.15) is 26.7 Å². The molecule has 0 radical (unpaired) electrons. The maximum atomic E-state index is 12.6. The number of nitro benzene ring substituents is 2. The largest absolute Gasteiger partial charge is 0.466 e. The average molecular weight is 715 g/mol. The van der Waals surface area contributed by atoms with E-state index in [1.807, 2.05) is 0 Å². The third kappa shape index (κ3) is 18.0. The Balaban J connectivity index is 0. The number of nitrogens with two attached hydrogens (primary N) is 2. The molecule has 1 fully saturated rings. The molecular weight excluding hydrogens is 677 g/mol. The number of nitrogen functional groups attached to an aromatic ring is 1. The number of carbonyl (C=O) groups excluding carboxylic acids is 1. The van der Waals surface area contributed by atoms with Crippen molar-refractivity contribution in [2.24, 2.45) is 5.73 Å². The summed E-state index contributed by atoms with van der Waals surface area (Å²) in [6, 6.07) is 3.58. The molecule has 1 heterocycles. The van der Waals surface area contributed by atoms with Gasteiger partial charge in [0, 0.05) is 58.5 Å². The van der Waals surface area contributed by atoms with E-state index in [2.05, 4.69) is 21.1 Å². The first-order chi connectivity index (χ1) is 23.0. The van der Waals surface area contributed by atoms with Crippen LogP contribution in [0.5, 0.6) is 0 Å². The Labute approximate surface area is 276 Å². The molecule has 13 nitrogen and oxygen atoms in total. The number of carbonyl (C=O) groups is 1. The lowest BCUT2D eigenvalue weighted by molar-refractivity contribution is -0.387. The molecule has 6 N–H and O–H groups in total. The zero-order valence-electron chi connectivity index (χ0n) is 27.1. The zero-order valence-corrected chi connectivity index (χ0v) is 27.1. The third-order valence-electron chi connectivity index (χ3n) is 5.23. The highest BCUT2D eigenvalue weighted by Crippen LogP contribution is 2.26. The summed E-state index contributed by atoms with van der Waals surface area (Å²) >= 11 is 0. The second-order valence-electron chi connectivity index (χ2n) is 8.61. The Kier molecular flexibility index (Phi) is 23.3. The van der Waals surface area contributed by atoms with Crippen molar-refractivity contribution in [3.05, 3.63) is 97.3 Å². The first-order valence-corrected chi connectivity index (χ1v) is 13.8. The predicted molar refractivity (Wildman–Crippen MR) is 168 cm³/mol. The summed E-state index contributed by atoms with van der Waals surface area (Å²) < 4.78 is 96.2. The van der Waals surface area contributed by atoms with Crippen molar-refractivity contribution >= 4 is 34.4 Å². The number of benzene rings is 3. The van der Waals surface area contributed by atoms with Crippen LogP contribution >= 0.6 is 0 Å². The molecule has 274 valence electrons. The highest BCUT2D eigenvalue weighted by molar-refractivity contribution is 5.66. The normalized spacial score (nSPS) is 10.7. The van der Waals surface area contributed by atoms with E-state index in [0.717, 1.165) is 31.4 Å². The van der Waals surface area contributed by atoms with Crippen LogP contribution in [-0.4, -0.2) is 56.8 Å². The molecule has 0 aromatic heterocycles. The Morgan fingerprint density at radius 3 is 1.47 bits per heavy atom. The Hall–Kier alpha value is -5.24. The molecule has 1 saturated heterocycles. The molecule has 49 heavy (non-hydrogen) atoms. The lowest BCUT2D eigenvalue weighted by Gasteiger charge is -2.04. The van der Waals surface area contributed by atoms with Crippen LogP contribution < -0.4 is 22.1 Å². The number of esters is 1. The minimum atomic E-state index is -1.45. The van der Waals surface area contributed by atoms with Crippen molar-refractivity contribution in [2.45, 2.75) is 26.7 Å². The van der Waals surface area contributed by atoms with Crippen molar-refractivity contribution in [1.82, 2.24) is 0 Å². The molecule has 20 heteroatoms. The van der Waals surface area contributed by atoms with Gasteiger partial charge in [0.1, 0.15) is 5.69 Å². The van der Waals surface area contributed by atoms with Gasteiger partial charge in [0.2, 0.25) is 5.82 Å². The fourth-order valence-electron chi connectivity index (χ4n) is 3.03. The van der Waals surface area contributed by atoms with Crippen LogP contribution in [-0.2, 0) is 14.3 Å². The molecule has 0 aliphatic carbocycles. The van der Waals surface area contributed by atoms with Gasteiger partial charge in [-0.15, -0.1) is 0 Å². The van der Waals surface area contributed by atoms with E-state index >= 15 is 0 Å². The summed E-state index contributed by atoms with van der Waals surface area (Å²) in [6.45, 7) is 5.65. The summed E-state index contributed by atoms with van der Waals surface area (Å²) in [5, 5.41) is 25.3. The molecular formula is C29H37F7N6O7. The predicted octanol–water partition coefficient (Wildman–Crippen LogP) is 6.46. The summed E-state index contributed by atoms with van der Waals surface area (Å²) in [4.78, 5) is 28.2. The fraction of sp³-hybridized carbons (Fsp3) is 0.345. The van der Waals surface area contributed by atoms with Crippen LogP contribution in [0.4, 0.5) is 59.2 Å². The van der Waals surface area contributed by atoms with E-state index in [9.17, 15) is 55.8 Å². The molecule has 0 saturated carbocycles. The minimum absolute atomic E-state index is 0.0519. The number of nitrogens with one attached hydrogen (secondary N) is 2. The lowest BCUT2D eigenvalue weighted by atomic mass is 10.2. The van der Waals surface area contributed by atoms with Gasteiger partial charge in [-0.1, -0.05) is 0 Å². The van der Waals surface area contributed by atoms with E-state index in [-0.39, 0.29) is 29.5 Å². The van der Waals surface area contributed by atoms with Gasteiger partial charge in [0.05, 0.1) is 40.0 Å². The SMILES string of the molecule is C1CCOC1.CCOC(C)=O.CN.CNc1cc(F)c(F)cc1N.CNc1cc(F)c(F)cc1[N+](=O)[O-].O=[N+]([O-])c1cc(F)c(F)cc1F. The molecule has 0 amide bonds. The monoisotopic (exact) mass is 714 g/mol. The van der Waals surface area contributed by atoms with E-state index in [0.29, 0.717) is 18.4 Å². The Bertz CT molecular complexity index is 1490. The van der Waals surface area contributed by atoms with Crippen LogP contribution in [0.3, 0.4) is 0 Å². The van der Waals surface area contributed by atoms with Gasteiger partial charge in [-0.2, -0.15) is 4.39 Å². The van der Waals surface area contributed by atoms with E-state index < -0.39 is 61.9 Å². The number of hydrogen-bond donors (Lipinski definition) is 4. The van der Waals surface area contributed by atoms with E-state index in [1.165, 1.54) is 33.9 Å². The van der Waals surface area contributed by atoms with Crippen molar-refractivity contribution < 1.29 is 54.8 Å². The van der Waals surface area contributed by atoms with Gasteiger partial charge in [0.15, 0.2) is 34.9 Å². The van der Waals surface area contributed by atoms with Gasteiger partial charge in [0.25, 0.3) is 5.69 Å². The summed E-state index contributed by atoms with van der Waals surface area (Å²) in [5.41, 5.74) is 8.81. The second-order valence-corrected chi connectivity index (χ2v) is 8.61. The van der Waals surface area contributed by atoms with Crippen LogP contribution in [0.15, 0.2) is 36.4 Å².